The molecule has 1 aromatic carbocycles. The number of nitrogens with two attached hydrogens (primary N) is 1. The summed E-state index contributed by atoms with van der Waals surface area (Å²) in [5, 5.41) is 0. The predicted molar refractivity (Wildman–Crippen MR) is 78.1 cm³/mol. The Morgan fingerprint density at radius 3 is 2.72 bits per heavy atom. The zero-order valence-electron chi connectivity index (χ0n) is 11.0. The van der Waals surface area contributed by atoms with Gasteiger partial charge in [0.05, 0.1) is 24.9 Å². The lowest BCUT2D eigenvalue weighted by molar-refractivity contribution is 0.0554. The molecule has 0 radical (unpaired) electrons. The summed E-state index contributed by atoms with van der Waals surface area (Å²) in [6.45, 7) is 5.50. The summed E-state index contributed by atoms with van der Waals surface area (Å²) in [6, 6.07) is 7.55. The van der Waals surface area contributed by atoms with Gasteiger partial charge in [-0.25, -0.2) is 0 Å². The van der Waals surface area contributed by atoms with Crippen molar-refractivity contribution in [1.29, 1.82) is 0 Å². The van der Waals surface area contributed by atoms with Gasteiger partial charge < -0.3 is 15.2 Å². The molecule has 0 aromatic heterocycles. The van der Waals surface area contributed by atoms with Gasteiger partial charge in [-0.3, -0.25) is 0 Å². The van der Waals surface area contributed by atoms with Crippen molar-refractivity contribution in [2.45, 2.75) is 32.8 Å². The van der Waals surface area contributed by atoms with Crippen LogP contribution in [0.4, 0.5) is 0 Å². The highest BCUT2D eigenvalue weighted by Gasteiger charge is 2.05. The smallest absolute Gasteiger partial charge is 0.129 e. The van der Waals surface area contributed by atoms with Crippen LogP contribution in [0.2, 0.25) is 0 Å². The highest BCUT2D eigenvalue weighted by molar-refractivity contribution is 7.80. The molecule has 0 aliphatic carbocycles. The van der Waals surface area contributed by atoms with E-state index >= 15 is 0 Å². The molecule has 3 nitrogen and oxygen atoms in total. The molecule has 0 fully saturated rings. The molecular formula is C14H21NO2S. The summed E-state index contributed by atoms with van der Waals surface area (Å²) in [4.78, 5) is 0.362. The first kappa shape index (κ1) is 14.9. The number of benzene rings is 1. The number of rotatable bonds is 8. The Balaban J connectivity index is 2.33. The molecule has 4 heteroatoms. The Morgan fingerprint density at radius 1 is 1.33 bits per heavy atom. The van der Waals surface area contributed by atoms with Gasteiger partial charge in [-0.1, -0.05) is 31.3 Å². The standard InChI is InChI=1S/C14H21NO2S/c1-3-11(2)16-9-6-10-17-13-8-5-4-7-12(13)14(15)18/h4-5,7-8,11H,3,6,9-10H2,1-2H3,(H2,15,18). The summed E-state index contributed by atoms with van der Waals surface area (Å²) >= 11 is 4.97. The summed E-state index contributed by atoms with van der Waals surface area (Å²) in [7, 11) is 0. The summed E-state index contributed by atoms with van der Waals surface area (Å²) in [5.41, 5.74) is 6.42. The van der Waals surface area contributed by atoms with Crippen molar-refractivity contribution >= 4 is 17.2 Å². The number of thiocarbonyl (C=S) groups is 1. The highest BCUT2D eigenvalue weighted by Crippen LogP contribution is 2.17. The van der Waals surface area contributed by atoms with Gasteiger partial charge in [0.25, 0.3) is 0 Å². The SMILES string of the molecule is CCC(C)OCCCOc1ccccc1C(N)=S. The van der Waals surface area contributed by atoms with Crippen LogP contribution in [0.3, 0.4) is 0 Å². The first-order valence-corrected chi connectivity index (χ1v) is 6.69. The first-order chi connectivity index (χ1) is 8.65. The molecule has 0 aliphatic rings. The van der Waals surface area contributed by atoms with Crippen LogP contribution in [-0.2, 0) is 4.74 Å². The average molecular weight is 267 g/mol. The van der Waals surface area contributed by atoms with Crippen LogP contribution in [0.25, 0.3) is 0 Å². The minimum atomic E-state index is 0.314. The summed E-state index contributed by atoms with van der Waals surface area (Å²) in [6.07, 6.45) is 2.20. The summed E-state index contributed by atoms with van der Waals surface area (Å²) < 4.78 is 11.2. The fraction of sp³-hybridized carbons (Fsp3) is 0.500. The Labute approximate surface area is 114 Å². The van der Waals surface area contributed by atoms with E-state index in [0.29, 0.717) is 24.3 Å². The van der Waals surface area contributed by atoms with Gasteiger partial charge in [-0.15, -0.1) is 0 Å². The molecule has 0 amide bonds. The molecule has 0 spiro atoms. The third-order valence-corrected chi connectivity index (χ3v) is 2.90. The van der Waals surface area contributed by atoms with Gasteiger partial charge in [0.1, 0.15) is 10.7 Å². The largest absolute Gasteiger partial charge is 0.493 e. The molecule has 1 unspecified atom stereocenters. The van der Waals surface area contributed by atoms with Gasteiger partial charge in [0, 0.05) is 6.42 Å². The van der Waals surface area contributed by atoms with Gasteiger partial charge in [0.15, 0.2) is 0 Å². The normalized spacial score (nSPS) is 12.1. The zero-order chi connectivity index (χ0) is 13.4. The second-order valence-electron chi connectivity index (χ2n) is 4.15. The Kier molecular flexibility index (Phi) is 6.68. The van der Waals surface area contributed by atoms with E-state index in [1.54, 1.807) is 0 Å². The van der Waals surface area contributed by atoms with Gasteiger partial charge in [-0.2, -0.15) is 0 Å². The van der Waals surface area contributed by atoms with E-state index in [1.807, 2.05) is 24.3 Å². The van der Waals surface area contributed by atoms with E-state index in [9.17, 15) is 0 Å². The fourth-order valence-corrected chi connectivity index (χ4v) is 1.61. The van der Waals surface area contributed by atoms with Gasteiger partial charge in [0.2, 0.25) is 0 Å². The molecule has 1 atom stereocenters. The van der Waals surface area contributed by atoms with E-state index in [2.05, 4.69) is 13.8 Å². The fourth-order valence-electron chi connectivity index (χ4n) is 1.44. The molecule has 0 saturated heterocycles. The lowest BCUT2D eigenvalue weighted by atomic mass is 10.2. The maximum atomic E-state index is 5.67. The average Bonchev–Trinajstić information content (AvgIpc) is 2.38. The molecule has 100 valence electrons. The first-order valence-electron chi connectivity index (χ1n) is 6.28. The van der Waals surface area contributed by atoms with Crippen molar-refractivity contribution in [2.24, 2.45) is 5.73 Å². The maximum absolute atomic E-state index is 5.67. The quantitative estimate of drug-likeness (QED) is 0.581. The van der Waals surface area contributed by atoms with Crippen LogP contribution in [-0.4, -0.2) is 24.3 Å². The maximum Gasteiger partial charge on any atom is 0.129 e. The minimum absolute atomic E-state index is 0.314. The molecule has 2 N–H and O–H groups in total. The predicted octanol–water partition coefficient (Wildman–Crippen LogP) is 2.90. The van der Waals surface area contributed by atoms with Crippen molar-refractivity contribution in [3.05, 3.63) is 29.8 Å². The lowest BCUT2D eigenvalue weighted by Crippen LogP contribution is -2.13. The lowest BCUT2D eigenvalue weighted by Gasteiger charge is -2.12. The zero-order valence-corrected chi connectivity index (χ0v) is 11.8. The third-order valence-electron chi connectivity index (χ3n) is 2.68. The Hall–Kier alpha value is -1.13. The van der Waals surface area contributed by atoms with E-state index < -0.39 is 0 Å². The third kappa shape index (κ3) is 5.02. The Morgan fingerprint density at radius 2 is 2.06 bits per heavy atom. The monoisotopic (exact) mass is 267 g/mol. The topological polar surface area (TPSA) is 44.5 Å². The Bertz CT molecular complexity index is 382. The van der Waals surface area contributed by atoms with Crippen LogP contribution < -0.4 is 10.5 Å². The van der Waals surface area contributed by atoms with Crippen LogP contribution in [0, 0.1) is 0 Å². The van der Waals surface area contributed by atoms with E-state index in [0.717, 1.165) is 24.2 Å². The van der Waals surface area contributed by atoms with Crippen LogP contribution in [0.1, 0.15) is 32.3 Å². The van der Waals surface area contributed by atoms with E-state index in [-0.39, 0.29) is 0 Å². The van der Waals surface area contributed by atoms with Crippen molar-refractivity contribution in [3.8, 4) is 5.75 Å². The molecule has 18 heavy (non-hydrogen) atoms. The van der Waals surface area contributed by atoms with E-state index in [4.69, 9.17) is 27.4 Å². The minimum Gasteiger partial charge on any atom is -0.493 e. The number of ether oxygens (including phenoxy) is 2. The number of para-hydroxylation sites is 1. The number of hydrogen-bond donors (Lipinski definition) is 1. The molecule has 0 saturated carbocycles. The van der Waals surface area contributed by atoms with Gasteiger partial charge in [-0.05, 0) is 25.5 Å². The van der Waals surface area contributed by atoms with Crippen molar-refractivity contribution < 1.29 is 9.47 Å². The van der Waals surface area contributed by atoms with Gasteiger partial charge >= 0.3 is 0 Å². The van der Waals surface area contributed by atoms with Crippen molar-refractivity contribution in [1.82, 2.24) is 0 Å². The highest BCUT2D eigenvalue weighted by atomic mass is 32.1. The molecule has 0 heterocycles. The molecule has 1 aromatic rings. The van der Waals surface area contributed by atoms with Crippen molar-refractivity contribution in [3.63, 3.8) is 0 Å². The molecule has 1 rings (SSSR count). The van der Waals surface area contributed by atoms with Crippen LogP contribution in [0.15, 0.2) is 24.3 Å². The second kappa shape index (κ2) is 8.06. The molecule has 0 aliphatic heterocycles. The molecular weight excluding hydrogens is 246 g/mol. The summed E-state index contributed by atoms with van der Waals surface area (Å²) in [5.74, 6) is 0.744. The van der Waals surface area contributed by atoms with E-state index in [1.165, 1.54) is 0 Å². The van der Waals surface area contributed by atoms with Crippen molar-refractivity contribution in [2.75, 3.05) is 13.2 Å². The molecule has 0 bridgehead atoms. The second-order valence-corrected chi connectivity index (χ2v) is 4.59. The van der Waals surface area contributed by atoms with Crippen LogP contribution in [0.5, 0.6) is 5.75 Å². The number of hydrogen-bond acceptors (Lipinski definition) is 3. The van der Waals surface area contributed by atoms with Crippen LogP contribution >= 0.6 is 12.2 Å².